The Balaban J connectivity index is 3.44. The molecular weight excluding hydrogens is 144 g/mol. The first-order chi connectivity index (χ1) is 5.22. The summed E-state index contributed by atoms with van der Waals surface area (Å²) in [7, 11) is 0. The van der Waals surface area contributed by atoms with Crippen molar-refractivity contribution in [1.29, 1.82) is 0 Å². The largest absolute Gasteiger partial charge is 0.465 e. The highest BCUT2D eigenvalue weighted by atomic mass is 16.4. The maximum atomic E-state index is 10.4. The second-order valence-corrected chi connectivity index (χ2v) is 2.36. The van der Waals surface area contributed by atoms with Crippen molar-refractivity contribution < 1.29 is 9.90 Å². The van der Waals surface area contributed by atoms with E-state index in [1.54, 1.807) is 0 Å². The third-order valence-corrected chi connectivity index (χ3v) is 1.53. The Bertz CT molecular complexity index is 117. The molecule has 1 amide bonds. The third kappa shape index (κ3) is 4.61. The van der Waals surface area contributed by atoms with Crippen LogP contribution in [0.4, 0.5) is 4.79 Å². The molecule has 0 fully saturated rings. The minimum absolute atomic E-state index is 0.555. The SMILES string of the molecule is CCN(CCCCN)C(=O)O. The standard InChI is InChI=1S/C7H16N2O2/c1-2-9(7(10)11)6-4-3-5-8/h2-6,8H2,1H3,(H,10,11). The Labute approximate surface area is 67.0 Å². The van der Waals surface area contributed by atoms with Gasteiger partial charge in [-0.25, -0.2) is 4.79 Å². The summed E-state index contributed by atoms with van der Waals surface area (Å²) in [5.41, 5.74) is 5.27. The first-order valence-electron chi connectivity index (χ1n) is 3.90. The minimum Gasteiger partial charge on any atom is -0.465 e. The van der Waals surface area contributed by atoms with Crippen molar-refractivity contribution in [2.45, 2.75) is 19.8 Å². The van der Waals surface area contributed by atoms with E-state index in [9.17, 15) is 4.79 Å². The first kappa shape index (κ1) is 10.2. The van der Waals surface area contributed by atoms with Crippen molar-refractivity contribution in [3.05, 3.63) is 0 Å². The van der Waals surface area contributed by atoms with Crippen LogP contribution >= 0.6 is 0 Å². The highest BCUT2D eigenvalue weighted by molar-refractivity contribution is 5.64. The number of rotatable bonds is 5. The molecule has 3 N–H and O–H groups in total. The van der Waals surface area contributed by atoms with Gasteiger partial charge in [-0.05, 0) is 26.3 Å². The summed E-state index contributed by atoms with van der Waals surface area (Å²) in [5, 5.41) is 8.57. The van der Waals surface area contributed by atoms with E-state index >= 15 is 0 Å². The molecule has 0 aliphatic carbocycles. The molecule has 0 saturated heterocycles. The van der Waals surface area contributed by atoms with Crippen molar-refractivity contribution in [2.24, 2.45) is 5.73 Å². The predicted molar refractivity (Wildman–Crippen MR) is 43.6 cm³/mol. The van der Waals surface area contributed by atoms with E-state index in [4.69, 9.17) is 10.8 Å². The number of hydrogen-bond donors (Lipinski definition) is 2. The molecule has 0 aliphatic heterocycles. The van der Waals surface area contributed by atoms with Crippen LogP contribution in [0.2, 0.25) is 0 Å². The van der Waals surface area contributed by atoms with Gasteiger partial charge in [-0.2, -0.15) is 0 Å². The smallest absolute Gasteiger partial charge is 0.407 e. The molecule has 0 aliphatic rings. The molecule has 0 saturated carbocycles. The van der Waals surface area contributed by atoms with Crippen LogP contribution in [0.15, 0.2) is 0 Å². The van der Waals surface area contributed by atoms with Gasteiger partial charge < -0.3 is 15.7 Å². The van der Waals surface area contributed by atoms with Gasteiger partial charge >= 0.3 is 6.09 Å². The molecule has 4 nitrogen and oxygen atoms in total. The Hall–Kier alpha value is -0.770. The second kappa shape index (κ2) is 5.97. The zero-order chi connectivity index (χ0) is 8.69. The highest BCUT2D eigenvalue weighted by Crippen LogP contribution is 1.94. The Kier molecular flexibility index (Phi) is 5.56. The molecule has 0 aromatic rings. The lowest BCUT2D eigenvalue weighted by molar-refractivity contribution is 0.147. The number of unbranched alkanes of at least 4 members (excludes halogenated alkanes) is 1. The molecule has 0 aromatic heterocycles. The average Bonchev–Trinajstić information content (AvgIpc) is 1.97. The molecule has 0 bridgehead atoms. The number of hydrogen-bond acceptors (Lipinski definition) is 2. The summed E-state index contributed by atoms with van der Waals surface area (Å²) in [4.78, 5) is 11.8. The molecule has 0 radical (unpaired) electrons. The Morgan fingerprint density at radius 1 is 1.55 bits per heavy atom. The lowest BCUT2D eigenvalue weighted by Gasteiger charge is -2.15. The second-order valence-electron chi connectivity index (χ2n) is 2.36. The van der Waals surface area contributed by atoms with E-state index < -0.39 is 6.09 Å². The predicted octanol–water partition coefficient (Wildman–Crippen LogP) is 0.725. The maximum Gasteiger partial charge on any atom is 0.407 e. The van der Waals surface area contributed by atoms with Gasteiger partial charge in [-0.15, -0.1) is 0 Å². The minimum atomic E-state index is -0.843. The molecule has 0 unspecified atom stereocenters. The van der Waals surface area contributed by atoms with Crippen LogP contribution in [0.1, 0.15) is 19.8 Å². The quantitative estimate of drug-likeness (QED) is 0.582. The fourth-order valence-electron chi connectivity index (χ4n) is 0.836. The summed E-state index contributed by atoms with van der Waals surface area (Å²) in [6, 6.07) is 0. The van der Waals surface area contributed by atoms with Crippen molar-refractivity contribution in [3.8, 4) is 0 Å². The highest BCUT2D eigenvalue weighted by Gasteiger charge is 2.06. The van der Waals surface area contributed by atoms with Crippen molar-refractivity contribution in [2.75, 3.05) is 19.6 Å². The van der Waals surface area contributed by atoms with E-state index in [-0.39, 0.29) is 0 Å². The van der Waals surface area contributed by atoms with Crippen LogP contribution in [0.25, 0.3) is 0 Å². The summed E-state index contributed by atoms with van der Waals surface area (Å²) in [6.45, 7) is 3.62. The Morgan fingerprint density at radius 3 is 2.55 bits per heavy atom. The van der Waals surface area contributed by atoms with Gasteiger partial charge in [0, 0.05) is 13.1 Å². The van der Waals surface area contributed by atoms with E-state index in [2.05, 4.69) is 0 Å². The van der Waals surface area contributed by atoms with Gasteiger partial charge in [-0.1, -0.05) is 0 Å². The molecule has 0 spiro atoms. The average molecular weight is 160 g/mol. The number of carboxylic acid groups (broad SMARTS) is 1. The van der Waals surface area contributed by atoms with Crippen LogP contribution in [-0.4, -0.2) is 35.7 Å². The topological polar surface area (TPSA) is 66.6 Å². The molecule has 0 heterocycles. The molecule has 0 aromatic carbocycles. The number of amides is 1. The van der Waals surface area contributed by atoms with Gasteiger partial charge in [0.05, 0.1) is 0 Å². The zero-order valence-electron chi connectivity index (χ0n) is 6.92. The third-order valence-electron chi connectivity index (χ3n) is 1.53. The first-order valence-corrected chi connectivity index (χ1v) is 3.90. The van der Waals surface area contributed by atoms with E-state index in [0.717, 1.165) is 12.8 Å². The van der Waals surface area contributed by atoms with Crippen LogP contribution in [0.3, 0.4) is 0 Å². The van der Waals surface area contributed by atoms with E-state index in [1.165, 1.54) is 4.90 Å². The fraction of sp³-hybridized carbons (Fsp3) is 0.857. The number of nitrogens with two attached hydrogens (primary N) is 1. The Morgan fingerprint density at radius 2 is 2.18 bits per heavy atom. The normalized spacial score (nSPS) is 9.64. The van der Waals surface area contributed by atoms with Gasteiger partial charge in [0.15, 0.2) is 0 Å². The zero-order valence-corrected chi connectivity index (χ0v) is 6.92. The summed E-state index contributed by atoms with van der Waals surface area (Å²) in [5.74, 6) is 0. The lowest BCUT2D eigenvalue weighted by atomic mass is 10.3. The van der Waals surface area contributed by atoms with Crippen molar-refractivity contribution >= 4 is 6.09 Å². The molecule has 0 atom stereocenters. The summed E-state index contributed by atoms with van der Waals surface area (Å²) in [6.07, 6.45) is 0.907. The van der Waals surface area contributed by atoms with Crippen molar-refractivity contribution in [1.82, 2.24) is 4.90 Å². The summed E-state index contributed by atoms with van der Waals surface area (Å²) >= 11 is 0. The van der Waals surface area contributed by atoms with Crippen LogP contribution < -0.4 is 5.73 Å². The number of nitrogens with zero attached hydrogens (tertiary/aromatic N) is 1. The lowest BCUT2D eigenvalue weighted by Crippen LogP contribution is -2.30. The van der Waals surface area contributed by atoms with E-state index in [0.29, 0.717) is 19.6 Å². The van der Waals surface area contributed by atoms with Crippen LogP contribution in [-0.2, 0) is 0 Å². The monoisotopic (exact) mass is 160 g/mol. The van der Waals surface area contributed by atoms with Crippen LogP contribution in [0, 0.1) is 0 Å². The van der Waals surface area contributed by atoms with E-state index in [1.807, 2.05) is 6.92 Å². The molecule has 0 rings (SSSR count). The summed E-state index contributed by atoms with van der Waals surface area (Å²) < 4.78 is 0. The molecule has 66 valence electrons. The van der Waals surface area contributed by atoms with Crippen LogP contribution in [0.5, 0.6) is 0 Å². The van der Waals surface area contributed by atoms with Gasteiger partial charge in [-0.3, -0.25) is 0 Å². The maximum absolute atomic E-state index is 10.4. The number of carbonyl (C=O) groups is 1. The molecule has 4 heteroatoms. The van der Waals surface area contributed by atoms with Gasteiger partial charge in [0.2, 0.25) is 0 Å². The van der Waals surface area contributed by atoms with Gasteiger partial charge in [0.25, 0.3) is 0 Å². The van der Waals surface area contributed by atoms with Gasteiger partial charge in [0.1, 0.15) is 0 Å². The molecule has 11 heavy (non-hydrogen) atoms. The van der Waals surface area contributed by atoms with Crippen molar-refractivity contribution in [3.63, 3.8) is 0 Å². The molecular formula is C7H16N2O2. The fourth-order valence-corrected chi connectivity index (χ4v) is 0.836.